The number of nitrogens with zero attached hydrogens (tertiary/aromatic N) is 2. The van der Waals surface area contributed by atoms with Gasteiger partial charge in [0.25, 0.3) is 0 Å². The maximum Gasteiger partial charge on any atom is 0.244 e. The highest BCUT2D eigenvalue weighted by Crippen LogP contribution is 2.28. The van der Waals surface area contributed by atoms with E-state index < -0.39 is 0 Å². The number of aromatic nitrogens is 1. The molecule has 98 valence electrons. The molecule has 19 heavy (non-hydrogen) atoms. The minimum absolute atomic E-state index is 0.0688. The van der Waals surface area contributed by atoms with Gasteiger partial charge in [-0.1, -0.05) is 6.07 Å². The number of nitrogens with one attached hydrogen (secondary N) is 1. The van der Waals surface area contributed by atoms with Crippen LogP contribution in [0.4, 0.5) is 5.69 Å². The molecular weight excluding hydrogens is 238 g/mol. The lowest BCUT2D eigenvalue weighted by molar-refractivity contribution is -0.121. The summed E-state index contributed by atoms with van der Waals surface area (Å²) < 4.78 is 0. The van der Waals surface area contributed by atoms with Gasteiger partial charge in [0, 0.05) is 18.1 Å². The number of benzene rings is 1. The van der Waals surface area contributed by atoms with E-state index in [1.54, 1.807) is 6.20 Å². The summed E-state index contributed by atoms with van der Waals surface area (Å²) >= 11 is 0. The van der Waals surface area contributed by atoms with Crippen molar-refractivity contribution in [1.82, 2.24) is 10.3 Å². The Morgan fingerprint density at radius 3 is 3.05 bits per heavy atom. The monoisotopic (exact) mass is 255 g/mol. The normalized spacial score (nSPS) is 19.9. The van der Waals surface area contributed by atoms with Crippen molar-refractivity contribution >= 4 is 22.5 Å². The molecule has 1 aromatic heterocycles. The summed E-state index contributed by atoms with van der Waals surface area (Å²) in [6.07, 6.45) is 3.71. The lowest BCUT2D eigenvalue weighted by Crippen LogP contribution is -2.49. The summed E-state index contributed by atoms with van der Waals surface area (Å²) in [4.78, 5) is 18.7. The highest BCUT2D eigenvalue weighted by atomic mass is 16.2. The number of anilines is 1. The van der Waals surface area contributed by atoms with Gasteiger partial charge in [-0.05, 0) is 44.2 Å². The van der Waals surface area contributed by atoms with Crippen LogP contribution in [0.15, 0.2) is 36.5 Å². The maximum absolute atomic E-state index is 12.4. The molecule has 1 aliphatic rings. The Kier molecular flexibility index (Phi) is 3.17. The Morgan fingerprint density at radius 1 is 1.32 bits per heavy atom. The summed E-state index contributed by atoms with van der Waals surface area (Å²) in [7, 11) is 1.84. The quantitative estimate of drug-likeness (QED) is 0.892. The van der Waals surface area contributed by atoms with Crippen LogP contribution in [0.25, 0.3) is 10.9 Å². The lowest BCUT2D eigenvalue weighted by atomic mass is 10.0. The number of hydrogen-bond donors (Lipinski definition) is 1. The fraction of sp³-hybridized carbons (Fsp3) is 0.333. The molecule has 2 heterocycles. The second kappa shape index (κ2) is 4.97. The Labute approximate surface area is 112 Å². The molecule has 1 aromatic carbocycles. The van der Waals surface area contributed by atoms with Gasteiger partial charge in [-0.25, -0.2) is 0 Å². The fourth-order valence-corrected chi connectivity index (χ4v) is 2.70. The minimum atomic E-state index is -0.0688. The van der Waals surface area contributed by atoms with Gasteiger partial charge in [-0.3, -0.25) is 9.78 Å². The number of carbonyl (C=O) groups is 1. The first-order valence-electron chi connectivity index (χ1n) is 6.63. The van der Waals surface area contributed by atoms with E-state index in [0.29, 0.717) is 0 Å². The summed E-state index contributed by atoms with van der Waals surface area (Å²) in [5.74, 6) is 0.158. The molecule has 0 saturated carbocycles. The molecule has 0 spiro atoms. The number of piperidine rings is 1. The zero-order valence-corrected chi connectivity index (χ0v) is 11.0. The number of pyridine rings is 1. The first-order valence-corrected chi connectivity index (χ1v) is 6.63. The first-order chi connectivity index (χ1) is 9.31. The minimum Gasteiger partial charge on any atom is -0.310 e. The predicted molar refractivity (Wildman–Crippen MR) is 76.2 cm³/mol. The molecule has 1 aliphatic heterocycles. The second-order valence-electron chi connectivity index (χ2n) is 4.82. The van der Waals surface area contributed by atoms with Crippen LogP contribution in [0.2, 0.25) is 0 Å². The fourth-order valence-electron chi connectivity index (χ4n) is 2.70. The molecule has 4 nitrogen and oxygen atoms in total. The number of carbonyl (C=O) groups excluding carboxylic acids is 1. The molecule has 1 atom stereocenters. The molecule has 2 aromatic rings. The number of likely N-dealkylation sites (N-methyl/N-ethyl adjacent to an activating group) is 1. The lowest BCUT2D eigenvalue weighted by Gasteiger charge is -2.32. The molecule has 1 N–H and O–H groups in total. The van der Waals surface area contributed by atoms with Crippen molar-refractivity contribution in [3.05, 3.63) is 36.5 Å². The largest absolute Gasteiger partial charge is 0.310 e. The van der Waals surface area contributed by atoms with Crippen molar-refractivity contribution in [1.29, 1.82) is 0 Å². The van der Waals surface area contributed by atoms with Crippen LogP contribution >= 0.6 is 0 Å². The molecule has 1 amide bonds. The van der Waals surface area contributed by atoms with E-state index in [1.807, 2.05) is 42.3 Å². The van der Waals surface area contributed by atoms with E-state index in [1.165, 1.54) is 0 Å². The van der Waals surface area contributed by atoms with Crippen LogP contribution in [0, 0.1) is 0 Å². The van der Waals surface area contributed by atoms with Gasteiger partial charge < -0.3 is 10.2 Å². The Hall–Kier alpha value is -1.94. The third-order valence-corrected chi connectivity index (χ3v) is 3.70. The van der Waals surface area contributed by atoms with Crippen molar-refractivity contribution in [3.63, 3.8) is 0 Å². The van der Waals surface area contributed by atoms with Gasteiger partial charge in [0.2, 0.25) is 5.91 Å². The van der Waals surface area contributed by atoms with Gasteiger partial charge in [0.15, 0.2) is 0 Å². The molecule has 1 fully saturated rings. The maximum atomic E-state index is 12.4. The summed E-state index contributed by atoms with van der Waals surface area (Å²) in [5.41, 5.74) is 1.90. The number of rotatable bonds is 2. The van der Waals surface area contributed by atoms with Gasteiger partial charge in [0.05, 0.1) is 17.2 Å². The molecule has 3 rings (SSSR count). The van der Waals surface area contributed by atoms with Crippen LogP contribution in [-0.2, 0) is 4.79 Å². The average Bonchev–Trinajstić information content (AvgIpc) is 2.47. The summed E-state index contributed by atoms with van der Waals surface area (Å²) in [6.45, 7) is 0.783. The smallest absolute Gasteiger partial charge is 0.244 e. The molecule has 1 saturated heterocycles. The predicted octanol–water partition coefficient (Wildman–Crippen LogP) is 1.95. The van der Waals surface area contributed by atoms with Crippen molar-refractivity contribution in [2.24, 2.45) is 0 Å². The van der Waals surface area contributed by atoms with E-state index in [0.717, 1.165) is 36.0 Å². The van der Waals surface area contributed by atoms with Crippen LogP contribution in [0.3, 0.4) is 0 Å². The first kappa shape index (κ1) is 12.1. The van der Waals surface area contributed by atoms with Crippen LogP contribution in [0.1, 0.15) is 12.8 Å². The molecule has 4 heteroatoms. The summed E-state index contributed by atoms with van der Waals surface area (Å²) in [6, 6.07) is 9.80. The Morgan fingerprint density at radius 2 is 2.21 bits per heavy atom. The summed E-state index contributed by atoms with van der Waals surface area (Å²) in [5, 5.41) is 4.13. The SMILES string of the molecule is CNC1CCCN(c2cccc3ncccc23)C1=O. The van der Waals surface area contributed by atoms with Crippen molar-refractivity contribution in [2.75, 3.05) is 18.5 Å². The van der Waals surface area contributed by atoms with E-state index in [9.17, 15) is 4.79 Å². The highest BCUT2D eigenvalue weighted by Gasteiger charge is 2.29. The Balaban J connectivity index is 2.06. The third-order valence-electron chi connectivity index (χ3n) is 3.70. The van der Waals surface area contributed by atoms with Crippen LogP contribution in [-0.4, -0.2) is 30.5 Å². The standard InChI is InChI=1S/C15H17N3O/c1-16-13-7-4-10-18(15(13)19)14-8-2-6-12-11(14)5-3-9-17-12/h2-3,5-6,8-9,13,16H,4,7,10H2,1H3. The van der Waals surface area contributed by atoms with E-state index in [4.69, 9.17) is 0 Å². The topological polar surface area (TPSA) is 45.2 Å². The second-order valence-corrected chi connectivity index (χ2v) is 4.82. The van der Waals surface area contributed by atoms with Gasteiger partial charge in [-0.15, -0.1) is 0 Å². The molecule has 0 radical (unpaired) electrons. The zero-order valence-electron chi connectivity index (χ0n) is 11.0. The van der Waals surface area contributed by atoms with Crippen LogP contribution in [0.5, 0.6) is 0 Å². The van der Waals surface area contributed by atoms with Gasteiger partial charge in [0.1, 0.15) is 0 Å². The van der Waals surface area contributed by atoms with Gasteiger partial charge >= 0.3 is 0 Å². The van der Waals surface area contributed by atoms with E-state index >= 15 is 0 Å². The van der Waals surface area contributed by atoms with Crippen molar-refractivity contribution in [3.8, 4) is 0 Å². The van der Waals surface area contributed by atoms with E-state index in [2.05, 4.69) is 10.3 Å². The molecule has 0 aliphatic carbocycles. The highest BCUT2D eigenvalue weighted by molar-refractivity contribution is 6.05. The van der Waals surface area contributed by atoms with Gasteiger partial charge in [-0.2, -0.15) is 0 Å². The third kappa shape index (κ3) is 2.08. The number of amides is 1. The molecule has 1 unspecified atom stereocenters. The van der Waals surface area contributed by atoms with Crippen molar-refractivity contribution in [2.45, 2.75) is 18.9 Å². The van der Waals surface area contributed by atoms with E-state index in [-0.39, 0.29) is 11.9 Å². The number of hydrogen-bond acceptors (Lipinski definition) is 3. The van der Waals surface area contributed by atoms with Crippen LogP contribution < -0.4 is 10.2 Å². The molecule has 0 bridgehead atoms. The number of fused-ring (bicyclic) bond motifs is 1. The average molecular weight is 255 g/mol. The zero-order chi connectivity index (χ0) is 13.2. The Bertz CT molecular complexity index is 606. The van der Waals surface area contributed by atoms with Crippen molar-refractivity contribution < 1.29 is 4.79 Å². The molecular formula is C15H17N3O.